The lowest BCUT2D eigenvalue weighted by Crippen LogP contribution is -2.43. The minimum atomic E-state index is -5.01. The van der Waals surface area contributed by atoms with Gasteiger partial charge in [0, 0.05) is 25.8 Å². The number of hydrogen-bond acceptors (Lipinski definition) is 4. The molecular formula is C25H28F6N2O4. The molecule has 1 unspecified atom stereocenters. The number of hydrogen-bond donors (Lipinski definition) is 2. The Hall–Kier alpha value is -2.73. The third kappa shape index (κ3) is 6.40. The van der Waals surface area contributed by atoms with Crippen molar-refractivity contribution in [3.05, 3.63) is 41.1 Å². The molecule has 1 saturated carbocycles. The van der Waals surface area contributed by atoms with E-state index in [0.29, 0.717) is 30.9 Å². The molecule has 4 rings (SSSR count). The number of alkyl halides is 6. The molecule has 2 N–H and O–H groups in total. The first-order chi connectivity index (χ1) is 17.1. The number of nitrogens with zero attached hydrogens (tertiary/aromatic N) is 1. The summed E-state index contributed by atoms with van der Waals surface area (Å²) in [6, 6.07) is 2.61. The highest BCUT2D eigenvalue weighted by atomic mass is 19.4. The number of ether oxygens (including phenoxy) is 2. The van der Waals surface area contributed by atoms with Crippen LogP contribution in [0.1, 0.15) is 49.4 Å². The van der Waals surface area contributed by atoms with Crippen LogP contribution in [0, 0.1) is 12.8 Å². The van der Waals surface area contributed by atoms with Crippen molar-refractivity contribution in [2.45, 2.75) is 70.1 Å². The molecule has 2 aliphatic rings. The van der Waals surface area contributed by atoms with Crippen molar-refractivity contribution in [2.75, 3.05) is 13.2 Å². The van der Waals surface area contributed by atoms with Crippen molar-refractivity contribution in [3.63, 3.8) is 0 Å². The Morgan fingerprint density at radius 2 is 1.70 bits per heavy atom. The highest BCUT2D eigenvalue weighted by Crippen LogP contribution is 2.41. The zero-order valence-electron chi connectivity index (χ0n) is 20.3. The van der Waals surface area contributed by atoms with Crippen molar-refractivity contribution in [2.24, 2.45) is 5.92 Å². The van der Waals surface area contributed by atoms with E-state index in [2.05, 4.69) is 5.32 Å². The summed E-state index contributed by atoms with van der Waals surface area (Å²) in [5.41, 5.74) is -3.96. The Labute approximate surface area is 209 Å². The van der Waals surface area contributed by atoms with E-state index in [4.69, 9.17) is 9.47 Å². The molecule has 0 radical (unpaired) electrons. The Morgan fingerprint density at radius 1 is 1.08 bits per heavy atom. The fraction of sp³-hybridized carbons (Fsp3) is 0.560. The Balaban J connectivity index is 1.69. The van der Waals surface area contributed by atoms with Gasteiger partial charge in [-0.2, -0.15) is 26.3 Å². The highest BCUT2D eigenvalue weighted by Gasteiger charge is 2.40. The van der Waals surface area contributed by atoms with Gasteiger partial charge in [0.2, 0.25) is 0 Å². The van der Waals surface area contributed by atoms with Crippen LogP contribution in [0.3, 0.4) is 0 Å². The Morgan fingerprint density at radius 3 is 2.22 bits per heavy atom. The average Bonchev–Trinajstić information content (AvgIpc) is 3.48. The summed E-state index contributed by atoms with van der Waals surface area (Å²) < 4.78 is 93.4. The third-order valence-corrected chi connectivity index (χ3v) is 6.86. The van der Waals surface area contributed by atoms with Gasteiger partial charge in [-0.15, -0.1) is 0 Å². The SMILES string of the molecule is Cc1c(OC(=O)NCC(C)(O)C2CC2)cc(-c2cc(C(F)(F)F)cc(C(F)(F)F)c2)n1C[C@H]1CCCO1. The lowest BCUT2D eigenvalue weighted by atomic mass is 10.0. The van der Waals surface area contributed by atoms with Crippen molar-refractivity contribution >= 4 is 6.09 Å². The van der Waals surface area contributed by atoms with Gasteiger partial charge in [0.05, 0.1) is 34.2 Å². The van der Waals surface area contributed by atoms with Crippen LogP contribution < -0.4 is 10.1 Å². The molecule has 1 aromatic heterocycles. The number of halogens is 6. The quantitative estimate of drug-likeness (QED) is 0.432. The smallest absolute Gasteiger partial charge is 0.408 e. The van der Waals surface area contributed by atoms with E-state index >= 15 is 0 Å². The molecule has 12 heteroatoms. The molecule has 2 atom stereocenters. The topological polar surface area (TPSA) is 72.7 Å². The molecule has 1 aliphatic carbocycles. The first kappa shape index (κ1) is 27.3. The highest BCUT2D eigenvalue weighted by molar-refractivity contribution is 5.73. The van der Waals surface area contributed by atoms with Gasteiger partial charge < -0.3 is 24.5 Å². The molecule has 1 saturated heterocycles. The van der Waals surface area contributed by atoms with Crippen LogP contribution in [0.15, 0.2) is 24.3 Å². The summed E-state index contributed by atoms with van der Waals surface area (Å²) in [4.78, 5) is 12.5. The number of aliphatic hydroxyl groups is 1. The monoisotopic (exact) mass is 534 g/mol. The maximum absolute atomic E-state index is 13.5. The van der Waals surface area contributed by atoms with Crippen LogP contribution in [0.4, 0.5) is 31.1 Å². The fourth-order valence-corrected chi connectivity index (χ4v) is 4.53. The molecule has 0 bridgehead atoms. The van der Waals surface area contributed by atoms with Crippen LogP contribution in [0.5, 0.6) is 5.75 Å². The zero-order valence-corrected chi connectivity index (χ0v) is 20.3. The number of benzene rings is 1. The summed E-state index contributed by atoms with van der Waals surface area (Å²) >= 11 is 0. The van der Waals surface area contributed by atoms with Crippen LogP contribution in [-0.4, -0.2) is 40.6 Å². The second kappa shape index (κ2) is 9.86. The number of carbonyl (C=O) groups is 1. The van der Waals surface area contributed by atoms with Crippen molar-refractivity contribution in [3.8, 4) is 17.0 Å². The molecule has 2 heterocycles. The maximum atomic E-state index is 13.5. The second-order valence-electron chi connectivity index (χ2n) is 9.89. The summed E-state index contributed by atoms with van der Waals surface area (Å²) in [5, 5.41) is 12.9. The van der Waals surface area contributed by atoms with Gasteiger partial charge in [-0.25, -0.2) is 4.79 Å². The Kier molecular flexibility index (Phi) is 7.28. The van der Waals surface area contributed by atoms with E-state index in [0.717, 1.165) is 19.3 Å². The standard InChI is InChI=1S/C25H28F6N2O4/c1-14-21(37-22(34)32-13-23(2,35)16-5-6-16)11-20(33(14)12-19-4-3-7-36-19)15-8-17(24(26,27)28)10-18(9-15)25(29,30)31/h8-11,16,19,35H,3-7,12-13H2,1-2H3,(H,32,34)/t19-,23?/m1/s1. The van der Waals surface area contributed by atoms with Gasteiger partial charge >= 0.3 is 18.4 Å². The van der Waals surface area contributed by atoms with Gasteiger partial charge in [0.25, 0.3) is 0 Å². The predicted octanol–water partition coefficient (Wildman–Crippen LogP) is 5.93. The van der Waals surface area contributed by atoms with Gasteiger partial charge in [0.15, 0.2) is 5.75 Å². The van der Waals surface area contributed by atoms with E-state index in [1.807, 2.05) is 0 Å². The van der Waals surface area contributed by atoms with Crippen molar-refractivity contribution in [1.82, 2.24) is 9.88 Å². The largest absolute Gasteiger partial charge is 0.416 e. The summed E-state index contributed by atoms with van der Waals surface area (Å²) in [7, 11) is 0. The average molecular weight is 534 g/mol. The normalized spacial score (nSPS) is 20.1. The third-order valence-electron chi connectivity index (χ3n) is 6.86. The van der Waals surface area contributed by atoms with Crippen LogP contribution >= 0.6 is 0 Å². The van der Waals surface area contributed by atoms with E-state index < -0.39 is 35.2 Å². The molecule has 1 amide bonds. The summed E-state index contributed by atoms with van der Waals surface area (Å²) in [6.45, 7) is 3.73. The first-order valence-corrected chi connectivity index (χ1v) is 11.9. The molecule has 6 nitrogen and oxygen atoms in total. The predicted molar refractivity (Wildman–Crippen MR) is 121 cm³/mol. The number of amides is 1. The molecule has 0 spiro atoms. The number of aromatic nitrogens is 1. The van der Waals surface area contributed by atoms with Gasteiger partial charge in [-0.05, 0) is 69.2 Å². The maximum Gasteiger partial charge on any atom is 0.416 e. The molecular weight excluding hydrogens is 506 g/mol. The minimum absolute atomic E-state index is 0.0253. The van der Waals surface area contributed by atoms with E-state index in [9.17, 15) is 36.2 Å². The first-order valence-electron chi connectivity index (χ1n) is 11.9. The summed E-state index contributed by atoms with van der Waals surface area (Å²) in [5.74, 6) is 0.0416. The molecule has 2 aromatic rings. The van der Waals surface area contributed by atoms with Crippen LogP contribution in [-0.2, 0) is 23.6 Å². The van der Waals surface area contributed by atoms with Crippen LogP contribution in [0.2, 0.25) is 0 Å². The molecule has 1 aliphatic heterocycles. The Bertz CT molecular complexity index is 1110. The number of nitrogens with one attached hydrogen (secondary N) is 1. The molecule has 204 valence electrons. The van der Waals surface area contributed by atoms with Gasteiger partial charge in [-0.3, -0.25) is 0 Å². The minimum Gasteiger partial charge on any atom is -0.408 e. The van der Waals surface area contributed by atoms with Crippen molar-refractivity contribution < 1.29 is 45.7 Å². The summed E-state index contributed by atoms with van der Waals surface area (Å²) in [6.07, 6.45) is -8.08. The zero-order chi connectivity index (χ0) is 27.2. The van der Waals surface area contributed by atoms with Gasteiger partial charge in [-0.1, -0.05) is 0 Å². The number of carbonyl (C=O) groups excluding carboxylic acids is 1. The second-order valence-corrected chi connectivity index (χ2v) is 9.89. The van der Waals surface area contributed by atoms with Crippen LogP contribution in [0.25, 0.3) is 11.3 Å². The lowest BCUT2D eigenvalue weighted by Gasteiger charge is -2.22. The van der Waals surface area contributed by atoms with E-state index in [1.165, 1.54) is 10.6 Å². The molecule has 1 aromatic carbocycles. The van der Waals surface area contributed by atoms with Crippen molar-refractivity contribution in [1.29, 1.82) is 0 Å². The van der Waals surface area contributed by atoms with E-state index in [1.54, 1.807) is 13.8 Å². The lowest BCUT2D eigenvalue weighted by molar-refractivity contribution is -0.143. The van der Waals surface area contributed by atoms with Gasteiger partial charge in [0.1, 0.15) is 0 Å². The molecule has 37 heavy (non-hydrogen) atoms. The van der Waals surface area contributed by atoms with E-state index in [-0.39, 0.29) is 48.2 Å². The number of rotatable bonds is 7. The molecule has 2 fully saturated rings. The fourth-order valence-electron chi connectivity index (χ4n) is 4.53.